The molecule has 138 valence electrons. The molecule has 0 unspecified atom stereocenters. The van der Waals surface area contributed by atoms with Gasteiger partial charge in [-0.3, -0.25) is 9.59 Å². The lowest BCUT2D eigenvalue weighted by atomic mass is 10.1. The van der Waals surface area contributed by atoms with E-state index >= 15 is 0 Å². The van der Waals surface area contributed by atoms with Crippen molar-refractivity contribution in [3.05, 3.63) is 52.8 Å². The van der Waals surface area contributed by atoms with Gasteiger partial charge in [0.1, 0.15) is 17.3 Å². The topological polar surface area (TPSA) is 76.7 Å². The maximum atomic E-state index is 13.5. The fourth-order valence-electron chi connectivity index (χ4n) is 2.21. The Labute approximate surface area is 155 Å². The predicted molar refractivity (Wildman–Crippen MR) is 96.3 cm³/mol. The van der Waals surface area contributed by atoms with E-state index in [-0.39, 0.29) is 18.5 Å². The highest BCUT2D eigenvalue weighted by Gasteiger charge is 2.14. The molecule has 0 aliphatic rings. The highest BCUT2D eigenvalue weighted by molar-refractivity contribution is 6.32. The number of anilines is 1. The Balaban J connectivity index is 1.94. The van der Waals surface area contributed by atoms with Crippen LogP contribution in [0.15, 0.2) is 36.4 Å². The predicted octanol–water partition coefficient (Wildman–Crippen LogP) is 2.79. The summed E-state index contributed by atoms with van der Waals surface area (Å²) in [4.78, 5) is 23.9. The molecule has 0 aliphatic heterocycles. The van der Waals surface area contributed by atoms with Gasteiger partial charge in [-0.25, -0.2) is 4.39 Å². The number of ether oxygens (including phenoxy) is 2. The van der Waals surface area contributed by atoms with Crippen molar-refractivity contribution in [1.82, 2.24) is 5.32 Å². The molecule has 6 nitrogen and oxygen atoms in total. The average Bonchev–Trinajstić information content (AvgIpc) is 2.63. The Morgan fingerprint density at radius 1 is 1.08 bits per heavy atom. The van der Waals surface area contributed by atoms with Crippen molar-refractivity contribution in [2.75, 3.05) is 26.1 Å². The van der Waals surface area contributed by atoms with Crippen LogP contribution in [-0.4, -0.2) is 32.6 Å². The van der Waals surface area contributed by atoms with Gasteiger partial charge in [0.2, 0.25) is 11.8 Å². The molecule has 0 fully saturated rings. The van der Waals surface area contributed by atoms with E-state index in [1.165, 1.54) is 44.6 Å². The zero-order chi connectivity index (χ0) is 19.1. The summed E-state index contributed by atoms with van der Waals surface area (Å²) >= 11 is 6.00. The van der Waals surface area contributed by atoms with E-state index in [0.29, 0.717) is 22.2 Å². The van der Waals surface area contributed by atoms with Crippen molar-refractivity contribution in [3.8, 4) is 11.5 Å². The van der Waals surface area contributed by atoms with Crippen LogP contribution >= 0.6 is 11.6 Å². The highest BCUT2D eigenvalue weighted by atomic mass is 35.5. The number of rotatable bonds is 7. The molecule has 0 heterocycles. The Kier molecular flexibility index (Phi) is 6.80. The van der Waals surface area contributed by atoms with Crippen molar-refractivity contribution in [2.24, 2.45) is 0 Å². The number of carbonyl (C=O) groups excluding carboxylic acids is 2. The molecule has 0 aromatic heterocycles. The molecule has 2 aromatic rings. The summed E-state index contributed by atoms with van der Waals surface area (Å²) in [5, 5.41) is 5.38. The number of methoxy groups -OCH3 is 2. The molecular weight excluding hydrogens is 363 g/mol. The lowest BCUT2D eigenvalue weighted by Crippen LogP contribution is -2.34. The minimum atomic E-state index is -0.477. The molecule has 2 amide bonds. The monoisotopic (exact) mass is 380 g/mol. The normalized spacial score (nSPS) is 10.2. The average molecular weight is 381 g/mol. The number of benzene rings is 2. The smallest absolute Gasteiger partial charge is 0.243 e. The largest absolute Gasteiger partial charge is 0.495 e. The van der Waals surface area contributed by atoms with Crippen molar-refractivity contribution in [1.29, 1.82) is 0 Å². The van der Waals surface area contributed by atoms with Crippen LogP contribution in [-0.2, 0) is 16.0 Å². The minimum absolute atomic E-state index is 0.155. The molecule has 0 aliphatic carbocycles. The number of hydrogen-bond acceptors (Lipinski definition) is 4. The molecule has 0 saturated heterocycles. The van der Waals surface area contributed by atoms with Gasteiger partial charge in [-0.2, -0.15) is 0 Å². The zero-order valence-electron chi connectivity index (χ0n) is 14.3. The minimum Gasteiger partial charge on any atom is -0.495 e. The third-order valence-electron chi connectivity index (χ3n) is 3.50. The summed E-state index contributed by atoms with van der Waals surface area (Å²) < 4.78 is 23.8. The van der Waals surface area contributed by atoms with Crippen LogP contribution in [0, 0.1) is 5.82 Å². The quantitative estimate of drug-likeness (QED) is 0.774. The lowest BCUT2D eigenvalue weighted by molar-refractivity contribution is -0.123. The molecule has 2 aromatic carbocycles. The summed E-state index contributed by atoms with van der Waals surface area (Å²) in [7, 11) is 2.88. The van der Waals surface area contributed by atoms with Crippen molar-refractivity contribution in [3.63, 3.8) is 0 Å². The number of hydrogen-bond donors (Lipinski definition) is 2. The van der Waals surface area contributed by atoms with E-state index in [4.69, 9.17) is 21.1 Å². The summed E-state index contributed by atoms with van der Waals surface area (Å²) in [5.74, 6) is -0.696. The number of carbonyl (C=O) groups is 2. The van der Waals surface area contributed by atoms with Crippen LogP contribution in [0.25, 0.3) is 0 Å². The first-order valence-corrected chi connectivity index (χ1v) is 8.04. The van der Waals surface area contributed by atoms with Crippen LogP contribution in [0.5, 0.6) is 11.5 Å². The van der Waals surface area contributed by atoms with E-state index in [1.54, 1.807) is 6.07 Å². The van der Waals surface area contributed by atoms with Crippen LogP contribution < -0.4 is 20.1 Å². The van der Waals surface area contributed by atoms with Crippen LogP contribution in [0.3, 0.4) is 0 Å². The second kappa shape index (κ2) is 9.05. The van der Waals surface area contributed by atoms with Gasteiger partial charge in [0.15, 0.2) is 0 Å². The van der Waals surface area contributed by atoms with Gasteiger partial charge in [0.25, 0.3) is 0 Å². The van der Waals surface area contributed by atoms with Crippen molar-refractivity contribution < 1.29 is 23.5 Å². The second-order valence-corrected chi connectivity index (χ2v) is 5.69. The summed E-state index contributed by atoms with van der Waals surface area (Å²) in [5.41, 5.74) is 0.608. The number of amides is 2. The molecule has 0 saturated carbocycles. The first-order chi connectivity index (χ1) is 12.4. The molecule has 8 heteroatoms. The zero-order valence-corrected chi connectivity index (χ0v) is 15.0. The molecule has 0 atom stereocenters. The fourth-order valence-corrected chi connectivity index (χ4v) is 2.44. The Hall–Kier alpha value is -2.80. The Bertz CT molecular complexity index is 814. The van der Waals surface area contributed by atoms with Gasteiger partial charge >= 0.3 is 0 Å². The van der Waals surface area contributed by atoms with E-state index in [2.05, 4.69) is 10.6 Å². The second-order valence-electron chi connectivity index (χ2n) is 5.28. The Morgan fingerprint density at radius 3 is 2.42 bits per heavy atom. The SMILES string of the molecule is COc1cc(NC(=O)CNC(=O)Cc2ccccc2F)c(OC)cc1Cl. The third kappa shape index (κ3) is 5.10. The maximum absolute atomic E-state index is 13.5. The van der Waals surface area contributed by atoms with Crippen LogP contribution in [0.1, 0.15) is 5.56 Å². The molecule has 0 radical (unpaired) electrons. The molecule has 2 N–H and O–H groups in total. The van der Waals surface area contributed by atoms with Gasteiger partial charge in [0, 0.05) is 12.1 Å². The van der Waals surface area contributed by atoms with Gasteiger partial charge in [-0.05, 0) is 11.6 Å². The van der Waals surface area contributed by atoms with E-state index in [0.717, 1.165) is 0 Å². The van der Waals surface area contributed by atoms with Crippen LogP contribution in [0.4, 0.5) is 10.1 Å². The van der Waals surface area contributed by atoms with Gasteiger partial charge in [-0.15, -0.1) is 0 Å². The summed E-state index contributed by atoms with van der Waals surface area (Å²) in [6.45, 7) is -0.276. The Morgan fingerprint density at radius 2 is 1.77 bits per heavy atom. The van der Waals surface area contributed by atoms with Gasteiger partial charge in [0.05, 0.1) is 37.9 Å². The maximum Gasteiger partial charge on any atom is 0.243 e. The van der Waals surface area contributed by atoms with E-state index < -0.39 is 17.6 Å². The van der Waals surface area contributed by atoms with E-state index in [1.807, 2.05) is 0 Å². The molecule has 2 rings (SSSR count). The van der Waals surface area contributed by atoms with Gasteiger partial charge in [-0.1, -0.05) is 29.8 Å². The van der Waals surface area contributed by atoms with Crippen molar-refractivity contribution >= 4 is 29.1 Å². The van der Waals surface area contributed by atoms with Gasteiger partial charge < -0.3 is 20.1 Å². The van der Waals surface area contributed by atoms with E-state index in [9.17, 15) is 14.0 Å². The molecule has 26 heavy (non-hydrogen) atoms. The first-order valence-electron chi connectivity index (χ1n) is 7.66. The fraction of sp³-hybridized carbons (Fsp3) is 0.222. The molecular formula is C18H18ClFN2O4. The summed E-state index contributed by atoms with van der Waals surface area (Å²) in [6.07, 6.45) is -0.155. The first kappa shape index (κ1) is 19.5. The van der Waals surface area contributed by atoms with Crippen molar-refractivity contribution in [2.45, 2.75) is 6.42 Å². The molecule has 0 spiro atoms. The molecule has 0 bridgehead atoms. The standard InChI is InChI=1S/C18H18ClFN2O4/c1-25-15-9-14(16(26-2)8-12(15)19)22-18(24)10-21-17(23)7-11-5-3-4-6-13(11)20/h3-6,8-9H,7,10H2,1-2H3,(H,21,23)(H,22,24). The third-order valence-corrected chi connectivity index (χ3v) is 3.80. The highest BCUT2D eigenvalue weighted by Crippen LogP contribution is 2.35. The lowest BCUT2D eigenvalue weighted by Gasteiger charge is -2.13. The number of nitrogens with one attached hydrogen (secondary N) is 2. The summed E-state index contributed by atoms with van der Waals surface area (Å²) in [6, 6.07) is 8.99. The number of halogens is 2. The van der Waals surface area contributed by atoms with Crippen LogP contribution in [0.2, 0.25) is 5.02 Å².